The van der Waals surface area contributed by atoms with Crippen LogP contribution >= 0.6 is 0 Å². The van der Waals surface area contributed by atoms with Gasteiger partial charge in [-0.3, -0.25) is 9.59 Å². The molecule has 2 amide bonds. The van der Waals surface area contributed by atoms with Crippen LogP contribution in [0.3, 0.4) is 0 Å². The summed E-state index contributed by atoms with van der Waals surface area (Å²) in [7, 11) is 0. The molecule has 10 nitrogen and oxygen atoms in total. The number of carbonyl (C=O) groups excluding carboxylic acids is 2. The van der Waals surface area contributed by atoms with Gasteiger partial charge in [-0.1, -0.05) is 0 Å². The summed E-state index contributed by atoms with van der Waals surface area (Å²) in [6, 6.07) is 3.49. The Balaban J connectivity index is 1.68. The van der Waals surface area contributed by atoms with E-state index in [2.05, 4.69) is 25.6 Å². The lowest BCUT2D eigenvalue weighted by Crippen LogP contribution is -2.48. The molecule has 3 heterocycles. The van der Waals surface area contributed by atoms with Gasteiger partial charge in [0.2, 0.25) is 11.9 Å². The Bertz CT molecular complexity index is 944. The summed E-state index contributed by atoms with van der Waals surface area (Å²) in [4.78, 5) is 38.9. The molecule has 0 saturated carbocycles. The number of aromatic nitrogens is 3. The first-order valence-electron chi connectivity index (χ1n) is 9.33. The van der Waals surface area contributed by atoms with Gasteiger partial charge in [-0.05, 0) is 12.1 Å². The first kappa shape index (κ1) is 22.1. The number of hydrogen-bond donors (Lipinski definition) is 3. The van der Waals surface area contributed by atoms with Crippen molar-refractivity contribution in [2.75, 3.05) is 48.3 Å². The molecule has 3 rings (SSSR count). The molecule has 0 atom stereocenters. The van der Waals surface area contributed by atoms with E-state index in [1.807, 2.05) is 4.90 Å². The van der Waals surface area contributed by atoms with E-state index in [0.717, 1.165) is 12.0 Å². The van der Waals surface area contributed by atoms with Crippen molar-refractivity contribution in [1.82, 2.24) is 19.9 Å². The van der Waals surface area contributed by atoms with Crippen LogP contribution in [0, 0.1) is 0 Å². The van der Waals surface area contributed by atoms with Gasteiger partial charge < -0.3 is 26.2 Å². The third-order valence-electron chi connectivity index (χ3n) is 4.56. The SMILES string of the molecule is CC(=O)N1CCN(c2ccc(Nc3ncc(C(N)=O)c(NCC(F)(F)F)n3)cn2)CC1. The van der Waals surface area contributed by atoms with E-state index >= 15 is 0 Å². The summed E-state index contributed by atoms with van der Waals surface area (Å²) in [5.74, 6) is -0.536. The van der Waals surface area contributed by atoms with Gasteiger partial charge in [0.1, 0.15) is 18.2 Å². The summed E-state index contributed by atoms with van der Waals surface area (Å²) in [6.07, 6.45) is -1.92. The third kappa shape index (κ3) is 5.93. The zero-order valence-corrected chi connectivity index (χ0v) is 16.6. The van der Waals surface area contributed by atoms with Crippen LogP contribution < -0.4 is 21.3 Å². The molecule has 1 aliphatic rings. The predicted octanol–water partition coefficient (Wildman–Crippen LogP) is 1.36. The zero-order chi connectivity index (χ0) is 22.6. The molecule has 1 saturated heterocycles. The maximum atomic E-state index is 12.5. The number of carbonyl (C=O) groups is 2. The Morgan fingerprint density at radius 3 is 2.39 bits per heavy atom. The summed E-state index contributed by atoms with van der Waals surface area (Å²) < 4.78 is 37.5. The van der Waals surface area contributed by atoms with E-state index in [1.165, 1.54) is 13.1 Å². The number of alkyl halides is 3. The largest absolute Gasteiger partial charge is 0.405 e. The summed E-state index contributed by atoms with van der Waals surface area (Å²) in [5, 5.41) is 4.89. The molecule has 4 N–H and O–H groups in total. The average Bonchev–Trinajstić information content (AvgIpc) is 2.72. The minimum absolute atomic E-state index is 0.0284. The molecule has 0 aliphatic carbocycles. The zero-order valence-electron chi connectivity index (χ0n) is 16.6. The van der Waals surface area contributed by atoms with Crippen molar-refractivity contribution in [2.24, 2.45) is 5.73 Å². The molecule has 0 radical (unpaired) electrons. The monoisotopic (exact) mass is 438 g/mol. The quantitative estimate of drug-likeness (QED) is 0.617. The van der Waals surface area contributed by atoms with Gasteiger partial charge in [0, 0.05) is 39.3 Å². The van der Waals surface area contributed by atoms with Gasteiger partial charge in [0.05, 0.1) is 17.4 Å². The number of rotatable bonds is 6. The Morgan fingerprint density at radius 2 is 1.84 bits per heavy atom. The van der Waals surface area contributed by atoms with Crippen molar-refractivity contribution in [3.05, 3.63) is 30.1 Å². The number of amides is 2. The molecule has 0 bridgehead atoms. The second-order valence-electron chi connectivity index (χ2n) is 6.81. The fourth-order valence-electron chi connectivity index (χ4n) is 2.97. The van der Waals surface area contributed by atoms with Crippen LogP contribution in [-0.2, 0) is 4.79 Å². The Kier molecular flexibility index (Phi) is 6.42. The summed E-state index contributed by atoms with van der Waals surface area (Å²) >= 11 is 0. The maximum absolute atomic E-state index is 12.5. The van der Waals surface area contributed by atoms with E-state index in [9.17, 15) is 22.8 Å². The third-order valence-corrected chi connectivity index (χ3v) is 4.56. The fraction of sp³-hybridized carbons (Fsp3) is 0.389. The average molecular weight is 438 g/mol. The first-order chi connectivity index (χ1) is 14.6. The number of primary amides is 1. The van der Waals surface area contributed by atoms with Gasteiger partial charge in [-0.25, -0.2) is 9.97 Å². The number of nitrogens with zero attached hydrogens (tertiary/aromatic N) is 5. The number of anilines is 4. The maximum Gasteiger partial charge on any atom is 0.405 e. The van der Waals surface area contributed by atoms with Gasteiger partial charge in [0.25, 0.3) is 5.91 Å². The van der Waals surface area contributed by atoms with Crippen molar-refractivity contribution in [2.45, 2.75) is 13.1 Å². The first-order valence-corrected chi connectivity index (χ1v) is 9.33. The van der Waals surface area contributed by atoms with E-state index in [1.54, 1.807) is 17.0 Å². The second-order valence-corrected chi connectivity index (χ2v) is 6.81. The van der Waals surface area contributed by atoms with Gasteiger partial charge in [-0.15, -0.1) is 0 Å². The minimum atomic E-state index is -4.50. The number of piperazine rings is 1. The highest BCUT2D eigenvalue weighted by Crippen LogP contribution is 2.21. The van der Waals surface area contributed by atoms with Crippen molar-refractivity contribution in [3.63, 3.8) is 0 Å². The molecule has 0 spiro atoms. The molecule has 31 heavy (non-hydrogen) atoms. The Labute approximate surface area is 175 Å². The van der Waals surface area contributed by atoms with Crippen LogP contribution in [0.15, 0.2) is 24.5 Å². The number of nitrogens with one attached hydrogen (secondary N) is 2. The topological polar surface area (TPSA) is 129 Å². The highest BCUT2D eigenvalue weighted by Gasteiger charge is 2.28. The van der Waals surface area contributed by atoms with E-state index in [-0.39, 0.29) is 23.2 Å². The standard InChI is InChI=1S/C18H21F3N8O2/c1-11(30)28-4-6-29(7-5-28)14-3-2-12(8-23-14)26-17-24-9-13(15(22)31)16(27-17)25-10-18(19,20)21/h2-3,8-9H,4-7,10H2,1H3,(H2,22,31)(H2,24,25,26,27). The molecule has 0 unspecified atom stereocenters. The van der Waals surface area contributed by atoms with Crippen LogP contribution in [0.4, 0.5) is 36.4 Å². The highest BCUT2D eigenvalue weighted by atomic mass is 19.4. The smallest absolute Gasteiger partial charge is 0.365 e. The van der Waals surface area contributed by atoms with E-state index < -0.39 is 18.6 Å². The van der Waals surface area contributed by atoms with Crippen molar-refractivity contribution < 1.29 is 22.8 Å². The van der Waals surface area contributed by atoms with Crippen molar-refractivity contribution in [3.8, 4) is 0 Å². The van der Waals surface area contributed by atoms with Crippen LogP contribution in [0.2, 0.25) is 0 Å². The number of halogens is 3. The Hall–Kier alpha value is -3.64. The highest BCUT2D eigenvalue weighted by molar-refractivity contribution is 5.97. The molecule has 1 aliphatic heterocycles. The molecule has 13 heteroatoms. The van der Waals surface area contributed by atoms with Crippen LogP contribution in [-0.4, -0.2) is 70.6 Å². The van der Waals surface area contributed by atoms with Crippen LogP contribution in [0.5, 0.6) is 0 Å². The fourth-order valence-corrected chi connectivity index (χ4v) is 2.97. The molecule has 1 fully saturated rings. The van der Waals surface area contributed by atoms with E-state index in [0.29, 0.717) is 31.9 Å². The van der Waals surface area contributed by atoms with Gasteiger partial charge in [0.15, 0.2) is 0 Å². The van der Waals surface area contributed by atoms with E-state index in [4.69, 9.17) is 5.73 Å². The molecule has 166 valence electrons. The number of hydrogen-bond acceptors (Lipinski definition) is 8. The summed E-state index contributed by atoms with van der Waals surface area (Å²) in [5.41, 5.74) is 5.42. The minimum Gasteiger partial charge on any atom is -0.365 e. The van der Waals surface area contributed by atoms with Crippen LogP contribution in [0.1, 0.15) is 17.3 Å². The van der Waals surface area contributed by atoms with Gasteiger partial charge in [-0.2, -0.15) is 18.2 Å². The summed E-state index contributed by atoms with van der Waals surface area (Å²) in [6.45, 7) is 2.71. The number of pyridine rings is 1. The Morgan fingerprint density at radius 1 is 1.13 bits per heavy atom. The second kappa shape index (κ2) is 9.02. The van der Waals surface area contributed by atoms with Crippen molar-refractivity contribution >= 4 is 35.1 Å². The molecular weight excluding hydrogens is 417 g/mol. The van der Waals surface area contributed by atoms with Crippen LogP contribution in [0.25, 0.3) is 0 Å². The molecule has 2 aromatic heterocycles. The molecule has 2 aromatic rings. The lowest BCUT2D eigenvalue weighted by Gasteiger charge is -2.34. The van der Waals surface area contributed by atoms with Crippen molar-refractivity contribution in [1.29, 1.82) is 0 Å². The predicted molar refractivity (Wildman–Crippen MR) is 107 cm³/mol. The number of nitrogens with two attached hydrogens (primary N) is 1. The molecule has 0 aromatic carbocycles. The molecular formula is C18H21F3N8O2. The lowest BCUT2D eigenvalue weighted by molar-refractivity contribution is -0.129. The lowest BCUT2D eigenvalue weighted by atomic mass is 10.3. The normalized spacial score (nSPS) is 14.3. The van der Waals surface area contributed by atoms with Gasteiger partial charge >= 0.3 is 6.18 Å².